The van der Waals surface area contributed by atoms with Crippen molar-refractivity contribution in [3.63, 3.8) is 0 Å². The number of hydrogen-bond donors (Lipinski definition) is 1. The monoisotopic (exact) mass is 469 g/mol. The largest absolute Gasteiger partial charge is 0.347 e. The molecule has 1 saturated carbocycles. The second-order valence-electron chi connectivity index (χ2n) is 10.2. The standard InChI is InChI=1S/C28H31N5O2/c34-25(18-20-8-3-1-4-9-20)32-17-16-28(21-10-5-2-6-11-21)15-14-24-30-31-26(33(24)19-23(28)32)27(35)29-22-12-7-13-22/h1-6,8-11,22-23H,7,12-19H2,(H,29,35)/t23-,28+/m0/s1. The van der Waals surface area contributed by atoms with Crippen LogP contribution >= 0.6 is 0 Å². The molecule has 3 heterocycles. The van der Waals surface area contributed by atoms with Crippen LogP contribution in [-0.4, -0.2) is 50.1 Å². The molecular formula is C28H31N5O2. The first-order chi connectivity index (χ1) is 17.1. The predicted molar refractivity (Wildman–Crippen MR) is 132 cm³/mol. The molecule has 0 radical (unpaired) electrons. The van der Waals surface area contributed by atoms with Crippen LogP contribution < -0.4 is 5.32 Å². The second-order valence-corrected chi connectivity index (χ2v) is 10.2. The number of nitrogens with zero attached hydrogens (tertiary/aromatic N) is 4. The van der Waals surface area contributed by atoms with E-state index in [-0.39, 0.29) is 29.3 Å². The topological polar surface area (TPSA) is 80.1 Å². The van der Waals surface area contributed by atoms with Crippen molar-refractivity contribution < 1.29 is 9.59 Å². The van der Waals surface area contributed by atoms with Gasteiger partial charge in [0.2, 0.25) is 11.7 Å². The molecule has 2 aliphatic heterocycles. The van der Waals surface area contributed by atoms with E-state index in [4.69, 9.17) is 0 Å². The average molecular weight is 470 g/mol. The van der Waals surface area contributed by atoms with E-state index in [1.807, 2.05) is 41.0 Å². The highest BCUT2D eigenvalue weighted by atomic mass is 16.2. The molecule has 2 atom stereocenters. The summed E-state index contributed by atoms with van der Waals surface area (Å²) >= 11 is 0. The summed E-state index contributed by atoms with van der Waals surface area (Å²) in [5.41, 5.74) is 2.11. The summed E-state index contributed by atoms with van der Waals surface area (Å²) in [5, 5.41) is 11.8. The van der Waals surface area contributed by atoms with E-state index in [1.54, 1.807) is 0 Å². The Morgan fingerprint density at radius 1 is 0.971 bits per heavy atom. The van der Waals surface area contributed by atoms with Gasteiger partial charge in [0.15, 0.2) is 0 Å². The Bertz CT molecular complexity index is 1220. The summed E-state index contributed by atoms with van der Waals surface area (Å²) in [6.07, 6.45) is 6.09. The summed E-state index contributed by atoms with van der Waals surface area (Å²) in [7, 11) is 0. The lowest BCUT2D eigenvalue weighted by molar-refractivity contribution is -0.132. The molecule has 3 aromatic rings. The van der Waals surface area contributed by atoms with Crippen LogP contribution in [0.5, 0.6) is 0 Å². The van der Waals surface area contributed by atoms with Gasteiger partial charge in [-0.3, -0.25) is 9.59 Å². The van der Waals surface area contributed by atoms with Gasteiger partial charge in [0, 0.05) is 31.0 Å². The van der Waals surface area contributed by atoms with Crippen molar-refractivity contribution >= 4 is 11.8 Å². The van der Waals surface area contributed by atoms with E-state index in [2.05, 4.69) is 44.7 Å². The summed E-state index contributed by atoms with van der Waals surface area (Å²) in [6.45, 7) is 1.25. The van der Waals surface area contributed by atoms with Gasteiger partial charge in [-0.1, -0.05) is 60.7 Å². The first-order valence-electron chi connectivity index (χ1n) is 12.8. The van der Waals surface area contributed by atoms with Crippen molar-refractivity contribution in [3.05, 3.63) is 83.4 Å². The smallest absolute Gasteiger partial charge is 0.289 e. The molecule has 2 amide bonds. The summed E-state index contributed by atoms with van der Waals surface area (Å²) in [6, 6.07) is 20.7. The van der Waals surface area contributed by atoms with Crippen LogP contribution in [0, 0.1) is 0 Å². The van der Waals surface area contributed by atoms with Crippen LogP contribution in [0.2, 0.25) is 0 Å². The van der Waals surface area contributed by atoms with E-state index in [0.717, 1.165) is 49.9 Å². The Kier molecular flexibility index (Phi) is 5.63. The van der Waals surface area contributed by atoms with Gasteiger partial charge in [0.25, 0.3) is 5.91 Å². The number of hydrogen-bond acceptors (Lipinski definition) is 4. The Hall–Kier alpha value is -3.48. The predicted octanol–water partition coefficient (Wildman–Crippen LogP) is 3.29. The van der Waals surface area contributed by atoms with Crippen LogP contribution in [0.15, 0.2) is 60.7 Å². The molecule has 0 unspecified atom stereocenters. The Morgan fingerprint density at radius 3 is 2.43 bits per heavy atom. The minimum atomic E-state index is -0.171. The quantitative estimate of drug-likeness (QED) is 0.622. The molecule has 1 saturated heterocycles. The summed E-state index contributed by atoms with van der Waals surface area (Å²) in [5.74, 6) is 1.19. The van der Waals surface area contributed by atoms with Gasteiger partial charge < -0.3 is 14.8 Å². The molecule has 7 nitrogen and oxygen atoms in total. The van der Waals surface area contributed by atoms with Gasteiger partial charge in [-0.25, -0.2) is 0 Å². The third-order valence-corrected chi connectivity index (χ3v) is 8.30. The molecule has 35 heavy (non-hydrogen) atoms. The highest BCUT2D eigenvalue weighted by Gasteiger charge is 2.51. The van der Waals surface area contributed by atoms with Gasteiger partial charge in [-0.15, -0.1) is 10.2 Å². The number of carbonyl (C=O) groups excluding carboxylic acids is 2. The fourth-order valence-electron chi connectivity index (χ4n) is 6.12. The molecule has 0 spiro atoms. The lowest BCUT2D eigenvalue weighted by Gasteiger charge is -2.37. The minimum Gasteiger partial charge on any atom is -0.347 e. The zero-order chi connectivity index (χ0) is 23.8. The van der Waals surface area contributed by atoms with E-state index in [9.17, 15) is 9.59 Å². The maximum Gasteiger partial charge on any atom is 0.289 e. The maximum atomic E-state index is 13.6. The number of amides is 2. The molecule has 1 aromatic heterocycles. The van der Waals surface area contributed by atoms with Gasteiger partial charge in [0.1, 0.15) is 5.82 Å². The molecule has 2 aromatic carbocycles. The second kappa shape index (κ2) is 8.95. The van der Waals surface area contributed by atoms with Crippen molar-refractivity contribution in [2.75, 3.05) is 6.54 Å². The Balaban J connectivity index is 1.35. The maximum absolute atomic E-state index is 13.6. The third-order valence-electron chi connectivity index (χ3n) is 8.30. The number of aromatic nitrogens is 3. The number of benzene rings is 2. The average Bonchev–Trinajstić information content (AvgIpc) is 3.40. The van der Waals surface area contributed by atoms with E-state index >= 15 is 0 Å². The molecule has 6 rings (SSSR count). The van der Waals surface area contributed by atoms with Crippen LogP contribution in [0.4, 0.5) is 0 Å². The molecule has 3 aliphatic rings. The molecular weight excluding hydrogens is 438 g/mol. The zero-order valence-electron chi connectivity index (χ0n) is 19.9. The third kappa shape index (κ3) is 3.93. The van der Waals surface area contributed by atoms with Gasteiger partial charge in [-0.2, -0.15) is 0 Å². The van der Waals surface area contributed by atoms with Gasteiger partial charge in [0.05, 0.1) is 12.5 Å². The van der Waals surface area contributed by atoms with Crippen molar-refractivity contribution in [2.24, 2.45) is 0 Å². The van der Waals surface area contributed by atoms with E-state index in [1.165, 1.54) is 5.56 Å². The molecule has 2 fully saturated rings. The number of carbonyl (C=O) groups is 2. The molecule has 1 N–H and O–H groups in total. The van der Waals surface area contributed by atoms with Crippen molar-refractivity contribution in [1.82, 2.24) is 25.0 Å². The fourth-order valence-corrected chi connectivity index (χ4v) is 6.12. The summed E-state index contributed by atoms with van der Waals surface area (Å²) in [4.78, 5) is 28.8. The van der Waals surface area contributed by atoms with E-state index < -0.39 is 0 Å². The van der Waals surface area contributed by atoms with Crippen molar-refractivity contribution in [3.8, 4) is 0 Å². The SMILES string of the molecule is O=C(NC1CCC1)c1nnc2n1C[C@@H]1N(C(=O)Cc3ccccc3)CC[C@@]1(c1ccccc1)CC2. The Morgan fingerprint density at radius 2 is 1.71 bits per heavy atom. The molecule has 180 valence electrons. The molecule has 7 heteroatoms. The number of nitrogens with one attached hydrogen (secondary N) is 1. The lowest BCUT2D eigenvalue weighted by Crippen LogP contribution is -2.48. The van der Waals surface area contributed by atoms with Gasteiger partial charge in [-0.05, 0) is 43.2 Å². The van der Waals surface area contributed by atoms with Crippen LogP contribution in [0.3, 0.4) is 0 Å². The van der Waals surface area contributed by atoms with Gasteiger partial charge >= 0.3 is 0 Å². The Labute approximate surface area is 205 Å². The number of aryl methyl sites for hydroxylation is 1. The van der Waals surface area contributed by atoms with Crippen molar-refractivity contribution in [1.29, 1.82) is 0 Å². The van der Waals surface area contributed by atoms with Crippen LogP contribution in [0.1, 0.15) is 59.7 Å². The van der Waals surface area contributed by atoms with Crippen LogP contribution in [0.25, 0.3) is 0 Å². The highest BCUT2D eigenvalue weighted by molar-refractivity contribution is 5.91. The normalized spacial score (nSPS) is 23.7. The number of fused-ring (bicyclic) bond motifs is 2. The summed E-state index contributed by atoms with van der Waals surface area (Å²) < 4.78 is 1.98. The highest BCUT2D eigenvalue weighted by Crippen LogP contribution is 2.46. The van der Waals surface area contributed by atoms with Crippen LogP contribution in [-0.2, 0) is 29.6 Å². The molecule has 0 bridgehead atoms. The first-order valence-corrected chi connectivity index (χ1v) is 12.8. The van der Waals surface area contributed by atoms with Crippen molar-refractivity contribution in [2.45, 2.75) is 69.0 Å². The lowest BCUT2D eigenvalue weighted by atomic mass is 9.71. The number of rotatable bonds is 5. The molecule has 1 aliphatic carbocycles. The number of likely N-dealkylation sites (tertiary alicyclic amines) is 1. The zero-order valence-corrected chi connectivity index (χ0v) is 19.9. The fraction of sp³-hybridized carbons (Fsp3) is 0.429. The van der Waals surface area contributed by atoms with E-state index in [0.29, 0.717) is 25.3 Å². The minimum absolute atomic E-state index is 0.0615. The first kappa shape index (κ1) is 22.0.